The number of phenolic OH excluding ortho intramolecular Hbond substituents is 1. The third-order valence-corrected chi connectivity index (χ3v) is 3.53. The lowest BCUT2D eigenvalue weighted by atomic mass is 10.1. The zero-order valence-corrected chi connectivity index (χ0v) is 11.9. The molecule has 0 heterocycles. The fourth-order valence-corrected chi connectivity index (χ4v) is 2.22. The number of carbonyl (C=O) groups excluding carboxylic acids is 1. The molecule has 19 heavy (non-hydrogen) atoms. The highest BCUT2D eigenvalue weighted by Crippen LogP contribution is 2.22. The van der Waals surface area contributed by atoms with Gasteiger partial charge in [0.05, 0.1) is 5.69 Å². The van der Waals surface area contributed by atoms with Crippen LogP contribution in [-0.2, 0) is 11.2 Å². The molecule has 0 radical (unpaired) electrons. The van der Waals surface area contributed by atoms with E-state index in [-0.39, 0.29) is 11.7 Å². The van der Waals surface area contributed by atoms with E-state index in [9.17, 15) is 9.90 Å². The molecule has 0 atom stereocenters. The van der Waals surface area contributed by atoms with E-state index in [1.807, 2.05) is 24.3 Å². The Kier molecular flexibility index (Phi) is 4.58. The number of amides is 1. The lowest BCUT2D eigenvalue weighted by molar-refractivity contribution is -0.116. The van der Waals surface area contributed by atoms with E-state index >= 15 is 0 Å². The summed E-state index contributed by atoms with van der Waals surface area (Å²) in [5.41, 5.74) is 1.54. The third kappa shape index (κ3) is 3.83. The minimum atomic E-state index is -0.114. The first kappa shape index (κ1) is 13.6. The summed E-state index contributed by atoms with van der Waals surface area (Å²) < 4.78 is 1.00. The molecule has 2 N–H and O–H groups in total. The summed E-state index contributed by atoms with van der Waals surface area (Å²) in [6.07, 6.45) is 1.03. The van der Waals surface area contributed by atoms with Gasteiger partial charge in [-0.05, 0) is 30.2 Å². The molecule has 98 valence electrons. The maximum atomic E-state index is 11.8. The molecule has 0 bridgehead atoms. The molecule has 2 aromatic rings. The maximum absolute atomic E-state index is 11.8. The second-order valence-corrected chi connectivity index (χ2v) is 5.01. The highest BCUT2D eigenvalue weighted by atomic mass is 79.9. The van der Waals surface area contributed by atoms with Crippen LogP contribution in [-0.4, -0.2) is 11.0 Å². The largest absolute Gasteiger partial charge is 0.506 e. The number of anilines is 1. The SMILES string of the molecule is O=C(CCc1ccccc1Br)Nc1ccccc1O. The molecular formula is C15H14BrNO2. The van der Waals surface area contributed by atoms with Gasteiger partial charge < -0.3 is 10.4 Å². The van der Waals surface area contributed by atoms with Crippen LogP contribution in [0.3, 0.4) is 0 Å². The average molecular weight is 320 g/mol. The number of halogens is 1. The van der Waals surface area contributed by atoms with Crippen LogP contribution in [0.15, 0.2) is 53.0 Å². The molecule has 2 aromatic carbocycles. The van der Waals surface area contributed by atoms with Crippen LogP contribution < -0.4 is 5.32 Å². The molecule has 0 aliphatic rings. The van der Waals surface area contributed by atoms with Crippen LogP contribution in [0.5, 0.6) is 5.75 Å². The Hall–Kier alpha value is -1.81. The number of nitrogens with one attached hydrogen (secondary N) is 1. The van der Waals surface area contributed by atoms with Gasteiger partial charge in [0.25, 0.3) is 0 Å². The molecule has 0 aliphatic carbocycles. The molecule has 0 saturated heterocycles. The van der Waals surface area contributed by atoms with Gasteiger partial charge in [-0.1, -0.05) is 46.3 Å². The van der Waals surface area contributed by atoms with Crippen molar-refractivity contribution in [3.05, 3.63) is 58.6 Å². The summed E-state index contributed by atoms with van der Waals surface area (Å²) in [7, 11) is 0. The molecule has 4 heteroatoms. The molecule has 0 fully saturated rings. The van der Waals surface area contributed by atoms with Crippen molar-refractivity contribution < 1.29 is 9.90 Å². The number of benzene rings is 2. The molecule has 0 saturated carbocycles. The zero-order valence-electron chi connectivity index (χ0n) is 10.3. The monoisotopic (exact) mass is 319 g/mol. The predicted molar refractivity (Wildman–Crippen MR) is 79.2 cm³/mol. The van der Waals surface area contributed by atoms with Gasteiger partial charge >= 0.3 is 0 Å². The number of hydrogen-bond donors (Lipinski definition) is 2. The Balaban J connectivity index is 1.92. The standard InChI is InChI=1S/C15H14BrNO2/c16-12-6-2-1-5-11(12)9-10-15(19)17-13-7-3-4-8-14(13)18/h1-8,18H,9-10H2,(H,17,19). The first-order chi connectivity index (χ1) is 9.16. The molecule has 0 unspecified atom stereocenters. The van der Waals surface area contributed by atoms with Crippen molar-refractivity contribution in [1.82, 2.24) is 0 Å². The third-order valence-electron chi connectivity index (χ3n) is 2.76. The maximum Gasteiger partial charge on any atom is 0.224 e. The number of aromatic hydroxyl groups is 1. The number of carbonyl (C=O) groups is 1. The smallest absolute Gasteiger partial charge is 0.224 e. The summed E-state index contributed by atoms with van der Waals surface area (Å²) in [6, 6.07) is 14.5. The van der Waals surface area contributed by atoms with Crippen molar-refractivity contribution >= 4 is 27.5 Å². The fourth-order valence-electron chi connectivity index (χ4n) is 1.74. The summed E-state index contributed by atoms with van der Waals surface area (Å²) in [6.45, 7) is 0. The first-order valence-electron chi connectivity index (χ1n) is 5.98. The highest BCUT2D eigenvalue weighted by molar-refractivity contribution is 9.10. The van der Waals surface area contributed by atoms with Crippen LogP contribution in [0.1, 0.15) is 12.0 Å². The Morgan fingerprint density at radius 3 is 2.53 bits per heavy atom. The minimum Gasteiger partial charge on any atom is -0.506 e. The Morgan fingerprint density at radius 2 is 1.79 bits per heavy atom. The van der Waals surface area contributed by atoms with E-state index < -0.39 is 0 Å². The van der Waals surface area contributed by atoms with E-state index in [0.29, 0.717) is 18.5 Å². The normalized spacial score (nSPS) is 10.2. The average Bonchev–Trinajstić information content (AvgIpc) is 2.40. The quantitative estimate of drug-likeness (QED) is 0.844. The summed E-state index contributed by atoms with van der Waals surface area (Å²) in [5, 5.41) is 12.3. The Morgan fingerprint density at radius 1 is 1.11 bits per heavy atom. The molecule has 1 amide bonds. The van der Waals surface area contributed by atoms with E-state index in [0.717, 1.165) is 10.0 Å². The van der Waals surface area contributed by atoms with Gasteiger partial charge in [-0.25, -0.2) is 0 Å². The zero-order chi connectivity index (χ0) is 13.7. The molecular weight excluding hydrogens is 306 g/mol. The predicted octanol–water partition coefficient (Wildman–Crippen LogP) is 3.73. The molecule has 0 spiro atoms. The molecule has 0 aromatic heterocycles. The van der Waals surface area contributed by atoms with Gasteiger partial charge in [0.1, 0.15) is 5.75 Å². The Bertz CT molecular complexity index is 584. The van der Waals surface area contributed by atoms with Gasteiger partial charge in [-0.3, -0.25) is 4.79 Å². The van der Waals surface area contributed by atoms with Crippen LogP contribution >= 0.6 is 15.9 Å². The first-order valence-corrected chi connectivity index (χ1v) is 6.77. The van der Waals surface area contributed by atoms with Gasteiger partial charge in [-0.2, -0.15) is 0 Å². The van der Waals surface area contributed by atoms with Gasteiger partial charge in [0.2, 0.25) is 5.91 Å². The summed E-state index contributed by atoms with van der Waals surface area (Å²) in [5.74, 6) is -0.0333. The second kappa shape index (κ2) is 6.38. The van der Waals surface area contributed by atoms with Crippen molar-refractivity contribution in [2.45, 2.75) is 12.8 Å². The lowest BCUT2D eigenvalue weighted by Crippen LogP contribution is -2.12. The summed E-state index contributed by atoms with van der Waals surface area (Å²) >= 11 is 3.45. The van der Waals surface area contributed by atoms with Gasteiger partial charge in [0, 0.05) is 10.9 Å². The number of aryl methyl sites for hydroxylation is 1. The number of para-hydroxylation sites is 2. The van der Waals surface area contributed by atoms with Crippen LogP contribution in [0.25, 0.3) is 0 Å². The van der Waals surface area contributed by atoms with Crippen molar-refractivity contribution in [2.75, 3.05) is 5.32 Å². The Labute approximate surface area is 120 Å². The van der Waals surface area contributed by atoms with Crippen molar-refractivity contribution in [1.29, 1.82) is 0 Å². The topological polar surface area (TPSA) is 49.3 Å². The number of hydrogen-bond acceptors (Lipinski definition) is 2. The summed E-state index contributed by atoms with van der Waals surface area (Å²) in [4.78, 5) is 11.8. The van der Waals surface area contributed by atoms with Crippen molar-refractivity contribution in [3.63, 3.8) is 0 Å². The molecule has 3 nitrogen and oxygen atoms in total. The lowest BCUT2D eigenvalue weighted by Gasteiger charge is -2.07. The number of rotatable bonds is 4. The second-order valence-electron chi connectivity index (χ2n) is 4.16. The van der Waals surface area contributed by atoms with E-state index in [2.05, 4.69) is 21.2 Å². The van der Waals surface area contributed by atoms with Crippen LogP contribution in [0.4, 0.5) is 5.69 Å². The van der Waals surface area contributed by atoms with E-state index in [1.165, 1.54) is 0 Å². The van der Waals surface area contributed by atoms with Crippen molar-refractivity contribution in [3.8, 4) is 5.75 Å². The number of phenols is 1. The molecule has 0 aliphatic heterocycles. The van der Waals surface area contributed by atoms with Crippen molar-refractivity contribution in [2.24, 2.45) is 0 Å². The van der Waals surface area contributed by atoms with Gasteiger partial charge in [-0.15, -0.1) is 0 Å². The minimum absolute atomic E-state index is 0.0803. The highest BCUT2D eigenvalue weighted by Gasteiger charge is 2.07. The fraction of sp³-hybridized carbons (Fsp3) is 0.133. The van der Waals surface area contributed by atoms with Crippen LogP contribution in [0, 0.1) is 0 Å². The van der Waals surface area contributed by atoms with E-state index in [1.54, 1.807) is 24.3 Å². The van der Waals surface area contributed by atoms with E-state index in [4.69, 9.17) is 0 Å². The van der Waals surface area contributed by atoms with Gasteiger partial charge in [0.15, 0.2) is 0 Å². The molecule has 2 rings (SSSR count). The van der Waals surface area contributed by atoms with Crippen LogP contribution in [0.2, 0.25) is 0 Å².